The van der Waals surface area contributed by atoms with Crippen molar-refractivity contribution in [2.75, 3.05) is 63.1 Å². The molecule has 76 heavy (non-hydrogen) atoms. The predicted octanol–water partition coefficient (Wildman–Crippen LogP) is 10.2. The van der Waals surface area contributed by atoms with Gasteiger partial charge in [0.2, 0.25) is 11.9 Å². The van der Waals surface area contributed by atoms with Gasteiger partial charge in [-0.25, -0.2) is 23.4 Å². The number of nitriles is 1. The summed E-state index contributed by atoms with van der Waals surface area (Å²) in [4.78, 5) is 39.3. The lowest BCUT2D eigenvalue weighted by Crippen LogP contribution is -2.45. The van der Waals surface area contributed by atoms with E-state index in [1.165, 1.54) is 55.6 Å². The van der Waals surface area contributed by atoms with Gasteiger partial charge in [-0.2, -0.15) is 10.4 Å². The number of nitrogens with one attached hydrogen (secondary N) is 4. The quantitative estimate of drug-likeness (QED) is 0.0532. The SMILES string of the molecule is COc1cc(C(=O)NCCOCCOC2CCC(Nc3nccc(-c4cnn(Cc5ccccc5)c4N(C)C)n3)CC2)ccc1NC(=O)[C@@H]1NC(CC(C)(C)C)[C@](C#N)(c2ccc(Cl)cc2F)C1c1cccc(Cl)c1F. The van der Waals surface area contributed by atoms with Gasteiger partial charge in [-0.3, -0.25) is 9.59 Å². The molecule has 19 heteroatoms. The number of carbonyl (C=O) groups is 2. The zero-order valence-electron chi connectivity index (χ0n) is 43.5. The number of ether oxygens (including phenoxy) is 3. The van der Waals surface area contributed by atoms with Crippen LogP contribution in [0.2, 0.25) is 10.0 Å². The van der Waals surface area contributed by atoms with Gasteiger partial charge in [0.1, 0.15) is 28.6 Å². The van der Waals surface area contributed by atoms with E-state index in [0.29, 0.717) is 32.1 Å². The maximum absolute atomic E-state index is 16.2. The number of rotatable bonds is 20. The third kappa shape index (κ3) is 12.8. The van der Waals surface area contributed by atoms with Gasteiger partial charge in [0.25, 0.3) is 5.91 Å². The van der Waals surface area contributed by atoms with Crippen molar-refractivity contribution in [2.45, 2.75) is 95.0 Å². The third-order valence-corrected chi connectivity index (χ3v) is 14.4. The van der Waals surface area contributed by atoms with Crippen LogP contribution in [0.25, 0.3) is 11.3 Å². The number of nitrogens with zero attached hydrogens (tertiary/aromatic N) is 6. The smallest absolute Gasteiger partial charge is 0.251 e. The number of amides is 2. The van der Waals surface area contributed by atoms with Gasteiger partial charge in [-0.15, -0.1) is 0 Å². The zero-order chi connectivity index (χ0) is 54.1. The molecule has 2 unspecified atom stereocenters. The average molecular weight is 1080 g/mol. The summed E-state index contributed by atoms with van der Waals surface area (Å²) in [5, 5.41) is 28.3. The molecule has 4 aromatic carbocycles. The minimum absolute atomic E-state index is 0.0373. The fourth-order valence-electron chi connectivity index (χ4n) is 10.5. The van der Waals surface area contributed by atoms with Crippen LogP contribution >= 0.6 is 23.2 Å². The lowest BCUT2D eigenvalue weighted by Gasteiger charge is -2.37. The Kier molecular flexibility index (Phi) is 17.9. The fourth-order valence-corrected chi connectivity index (χ4v) is 10.8. The maximum atomic E-state index is 16.2. The second-order valence-electron chi connectivity index (χ2n) is 20.6. The van der Waals surface area contributed by atoms with Crippen molar-refractivity contribution in [2.24, 2.45) is 5.41 Å². The molecule has 0 bridgehead atoms. The molecule has 0 radical (unpaired) electrons. The normalized spacial score (nSPS) is 20.4. The van der Waals surface area contributed by atoms with E-state index < -0.39 is 52.3 Å². The van der Waals surface area contributed by atoms with Crippen LogP contribution in [-0.4, -0.2) is 103 Å². The highest BCUT2D eigenvalue weighted by Crippen LogP contribution is 2.53. The first-order valence-electron chi connectivity index (χ1n) is 25.4. The van der Waals surface area contributed by atoms with E-state index >= 15 is 8.78 Å². The van der Waals surface area contributed by atoms with E-state index in [2.05, 4.69) is 49.4 Å². The van der Waals surface area contributed by atoms with Gasteiger partial charge in [-0.1, -0.05) is 92.5 Å². The molecule has 2 fully saturated rings. The lowest BCUT2D eigenvalue weighted by molar-refractivity contribution is -0.118. The third-order valence-electron chi connectivity index (χ3n) is 13.9. The number of halogens is 4. The number of aromatic nitrogens is 4. The number of hydrogen-bond acceptors (Lipinski definition) is 12. The summed E-state index contributed by atoms with van der Waals surface area (Å²) in [5.41, 5.74) is 1.06. The summed E-state index contributed by atoms with van der Waals surface area (Å²) in [6.07, 6.45) is 7.60. The van der Waals surface area contributed by atoms with Crippen molar-refractivity contribution >= 4 is 52.5 Å². The average Bonchev–Trinajstić information content (AvgIpc) is 4.03. The number of anilines is 3. The molecule has 0 spiro atoms. The lowest BCUT2D eigenvalue weighted by atomic mass is 9.62. The molecule has 1 aliphatic heterocycles. The van der Waals surface area contributed by atoms with Gasteiger partial charge in [0.05, 0.1) is 79.9 Å². The summed E-state index contributed by atoms with van der Waals surface area (Å²) in [5.74, 6) is -2.20. The van der Waals surface area contributed by atoms with Crippen LogP contribution in [0.3, 0.4) is 0 Å². The van der Waals surface area contributed by atoms with Crippen LogP contribution in [0.1, 0.15) is 85.8 Å². The molecule has 1 saturated carbocycles. The topological polar surface area (TPSA) is 181 Å². The monoisotopic (exact) mass is 1080 g/mol. The zero-order valence-corrected chi connectivity index (χ0v) is 45.0. The molecule has 15 nitrogen and oxygen atoms in total. The first-order chi connectivity index (χ1) is 36.5. The van der Waals surface area contributed by atoms with Crippen LogP contribution < -0.4 is 30.9 Å². The highest BCUT2D eigenvalue weighted by Gasteiger charge is 2.61. The highest BCUT2D eigenvalue weighted by molar-refractivity contribution is 6.31. The summed E-state index contributed by atoms with van der Waals surface area (Å²) >= 11 is 12.5. The molecular weight excluding hydrogens is 1010 g/mol. The second-order valence-corrected chi connectivity index (χ2v) is 21.5. The summed E-state index contributed by atoms with van der Waals surface area (Å²) in [6.45, 7) is 7.77. The van der Waals surface area contributed by atoms with E-state index in [0.717, 1.165) is 54.4 Å². The van der Waals surface area contributed by atoms with E-state index in [-0.39, 0.29) is 63.5 Å². The molecule has 2 aromatic heterocycles. The van der Waals surface area contributed by atoms with E-state index in [1.54, 1.807) is 6.20 Å². The maximum Gasteiger partial charge on any atom is 0.251 e. The summed E-state index contributed by atoms with van der Waals surface area (Å²) < 4.78 is 51.8. The molecule has 4 atom stereocenters. The number of hydrogen-bond donors (Lipinski definition) is 4. The molecule has 400 valence electrons. The van der Waals surface area contributed by atoms with Crippen molar-refractivity contribution in [3.05, 3.63) is 147 Å². The molecule has 8 rings (SSSR count). The molecule has 6 aromatic rings. The highest BCUT2D eigenvalue weighted by atomic mass is 35.5. The minimum Gasteiger partial charge on any atom is -0.495 e. The molecule has 2 aliphatic rings. The molecule has 2 amide bonds. The predicted molar refractivity (Wildman–Crippen MR) is 291 cm³/mol. The van der Waals surface area contributed by atoms with E-state index in [1.807, 2.05) is 70.0 Å². The van der Waals surface area contributed by atoms with Gasteiger partial charge < -0.3 is 40.4 Å². The second kappa shape index (κ2) is 24.5. The van der Waals surface area contributed by atoms with Crippen molar-refractivity contribution in [1.29, 1.82) is 5.26 Å². The van der Waals surface area contributed by atoms with Crippen LogP contribution in [0.4, 0.5) is 26.2 Å². The van der Waals surface area contributed by atoms with Crippen molar-refractivity contribution in [3.8, 4) is 23.1 Å². The van der Waals surface area contributed by atoms with Crippen molar-refractivity contribution in [3.63, 3.8) is 0 Å². The minimum atomic E-state index is -1.81. The largest absolute Gasteiger partial charge is 0.495 e. The van der Waals surface area contributed by atoms with Crippen LogP contribution in [0.15, 0.2) is 103 Å². The molecular formula is C57H64Cl2F2N10O5. The van der Waals surface area contributed by atoms with Crippen LogP contribution in [-0.2, 0) is 26.2 Å². The van der Waals surface area contributed by atoms with Crippen molar-refractivity contribution in [1.82, 2.24) is 30.4 Å². The van der Waals surface area contributed by atoms with Crippen molar-refractivity contribution < 1.29 is 32.6 Å². The summed E-state index contributed by atoms with van der Waals surface area (Å²) in [7, 11) is 5.41. The van der Waals surface area contributed by atoms with Gasteiger partial charge in [-0.05, 0) is 91.1 Å². The Balaban J connectivity index is 0.811. The summed E-state index contributed by atoms with van der Waals surface area (Å²) in [6, 6.07) is 25.4. The molecule has 1 aliphatic carbocycles. The Morgan fingerprint density at radius 1 is 0.961 bits per heavy atom. The Morgan fingerprint density at radius 2 is 1.74 bits per heavy atom. The Bertz CT molecular complexity index is 3030. The van der Waals surface area contributed by atoms with Gasteiger partial charge in [0, 0.05) is 61.0 Å². The molecule has 1 saturated heterocycles. The standard InChI is InChI=1S/C57H64Cl2F2N10O5/c1-56(2,3)31-48-57(34-62,42-21-16-37(58)30-44(42)60)49(40-13-10-14-43(59)50(40)61)51(69-48)53(73)67-46-22-15-36(29-47(46)74-6)52(72)63-25-26-75-27-28-76-39-19-17-38(18-20-39)66-55-64-24-23-45(68-55)41-32-65-71(54(41)70(4)5)33-35-11-8-7-9-12-35/h7-16,21-24,29-30,32,38-39,48-49,51,69H,17-20,25-28,31,33H2,1-6H3,(H,63,72)(H,67,73)(H,64,66,68)/t38?,39?,48?,49?,51-,57+/m1/s1. The van der Waals surface area contributed by atoms with Crippen LogP contribution in [0, 0.1) is 28.4 Å². The Morgan fingerprint density at radius 3 is 2.45 bits per heavy atom. The Hall–Kier alpha value is -6.68. The first kappa shape index (κ1) is 55.5. The van der Waals surface area contributed by atoms with Gasteiger partial charge >= 0.3 is 0 Å². The fraction of sp³-hybridized carbons (Fsp3) is 0.404. The van der Waals surface area contributed by atoms with Gasteiger partial charge in [0.15, 0.2) is 0 Å². The Labute approximate surface area is 452 Å². The molecule has 3 heterocycles. The van der Waals surface area contributed by atoms with Crippen LogP contribution in [0.5, 0.6) is 5.75 Å². The number of methoxy groups -OCH3 is 1. The number of benzene rings is 4. The van der Waals surface area contributed by atoms with E-state index in [9.17, 15) is 14.9 Å². The molecule has 4 N–H and O–H groups in total. The first-order valence-corrected chi connectivity index (χ1v) is 26.2. The number of carbonyl (C=O) groups excluding carboxylic acids is 2. The van der Waals surface area contributed by atoms with E-state index in [4.69, 9.17) is 47.5 Å².